The molecule has 3 atom stereocenters. The molecule has 0 radical (unpaired) electrons. The number of hydrogen-bond acceptors (Lipinski definition) is 6. The lowest BCUT2D eigenvalue weighted by Crippen LogP contribution is -2.39. The topological polar surface area (TPSA) is 78.1 Å². The third-order valence-electron chi connectivity index (χ3n) is 5.62. The summed E-state index contributed by atoms with van der Waals surface area (Å²) in [5.74, 6) is 0.180. The number of carbonyl (C=O) groups excluding carboxylic acids is 2. The molecular formula is C21H25NO5. The van der Waals surface area contributed by atoms with Crippen LogP contribution in [0.3, 0.4) is 0 Å². The Morgan fingerprint density at radius 1 is 1.22 bits per heavy atom. The minimum absolute atomic E-state index is 0.0434. The van der Waals surface area contributed by atoms with Gasteiger partial charge >= 0.3 is 5.97 Å². The van der Waals surface area contributed by atoms with Crippen molar-refractivity contribution in [2.24, 2.45) is 10.9 Å². The van der Waals surface area contributed by atoms with E-state index in [1.165, 1.54) is 0 Å². The maximum absolute atomic E-state index is 13.0. The van der Waals surface area contributed by atoms with E-state index in [9.17, 15) is 9.59 Å². The maximum Gasteiger partial charge on any atom is 0.336 e. The zero-order chi connectivity index (χ0) is 19.0. The van der Waals surface area contributed by atoms with Crippen LogP contribution in [0.2, 0.25) is 0 Å². The molecule has 0 aromatic carbocycles. The van der Waals surface area contributed by atoms with E-state index in [0.29, 0.717) is 30.1 Å². The summed E-state index contributed by atoms with van der Waals surface area (Å²) in [7, 11) is 0. The Balaban J connectivity index is 1.67. The first-order valence-corrected chi connectivity index (χ1v) is 9.70. The maximum atomic E-state index is 13.0. The highest BCUT2D eigenvalue weighted by Crippen LogP contribution is 2.43. The van der Waals surface area contributed by atoms with Crippen molar-refractivity contribution < 1.29 is 23.5 Å². The highest BCUT2D eigenvalue weighted by atomic mass is 16.6. The summed E-state index contributed by atoms with van der Waals surface area (Å²) in [4.78, 5) is 30.3. The third kappa shape index (κ3) is 3.50. The van der Waals surface area contributed by atoms with Gasteiger partial charge in [0.25, 0.3) is 0 Å². The van der Waals surface area contributed by atoms with Gasteiger partial charge < -0.3 is 13.9 Å². The minimum atomic E-state index is -0.462. The van der Waals surface area contributed by atoms with E-state index in [-0.39, 0.29) is 18.5 Å². The van der Waals surface area contributed by atoms with Gasteiger partial charge in [-0.25, -0.2) is 4.79 Å². The second-order valence-electron chi connectivity index (χ2n) is 7.56. The van der Waals surface area contributed by atoms with Crippen LogP contribution in [0.15, 0.2) is 32.8 Å². The normalized spacial score (nSPS) is 28.1. The predicted molar refractivity (Wildman–Crippen MR) is 98.6 cm³/mol. The molecule has 0 spiro atoms. The van der Waals surface area contributed by atoms with Gasteiger partial charge in [0.15, 0.2) is 0 Å². The molecule has 1 aromatic rings. The monoisotopic (exact) mass is 371 g/mol. The number of aliphatic imine (C=N–C) groups is 1. The van der Waals surface area contributed by atoms with Gasteiger partial charge in [-0.2, -0.15) is 0 Å². The van der Waals surface area contributed by atoms with Crippen LogP contribution in [-0.4, -0.2) is 36.8 Å². The molecule has 0 N–H and O–H groups in total. The van der Waals surface area contributed by atoms with Crippen LogP contribution in [0.4, 0.5) is 0 Å². The SMILES string of the molecule is CC1=C(C(=O)OC[C@H]2CCCO2)[C@@H](c2ccc(C)o2)C2C(=O)CCCC2=N1. The Bertz CT molecular complexity index is 812. The predicted octanol–water partition coefficient (Wildman–Crippen LogP) is 3.49. The van der Waals surface area contributed by atoms with E-state index in [2.05, 4.69) is 4.99 Å². The Morgan fingerprint density at radius 3 is 2.78 bits per heavy atom. The molecular weight excluding hydrogens is 346 g/mol. The highest BCUT2D eigenvalue weighted by molar-refractivity contribution is 6.11. The number of ether oxygens (including phenoxy) is 2. The van der Waals surface area contributed by atoms with Gasteiger partial charge in [0.1, 0.15) is 23.9 Å². The summed E-state index contributed by atoms with van der Waals surface area (Å²) in [6.45, 7) is 4.61. The van der Waals surface area contributed by atoms with Crippen LogP contribution in [0.5, 0.6) is 0 Å². The number of carbonyl (C=O) groups is 2. The molecule has 1 aromatic heterocycles. The zero-order valence-corrected chi connectivity index (χ0v) is 15.8. The van der Waals surface area contributed by atoms with E-state index in [1.807, 2.05) is 26.0 Å². The van der Waals surface area contributed by atoms with Crippen molar-refractivity contribution in [2.45, 2.75) is 58.0 Å². The average molecular weight is 371 g/mol. The first-order chi connectivity index (χ1) is 13.0. The number of furan rings is 1. The molecule has 2 fully saturated rings. The van der Waals surface area contributed by atoms with Gasteiger partial charge in [-0.3, -0.25) is 9.79 Å². The summed E-state index contributed by atoms with van der Waals surface area (Å²) in [5, 5.41) is 0. The Kier molecular flexibility index (Phi) is 5.00. The number of hydrogen-bond donors (Lipinski definition) is 0. The van der Waals surface area contributed by atoms with Crippen LogP contribution >= 0.6 is 0 Å². The Morgan fingerprint density at radius 2 is 2.07 bits per heavy atom. The van der Waals surface area contributed by atoms with E-state index >= 15 is 0 Å². The molecule has 1 unspecified atom stereocenters. The lowest BCUT2D eigenvalue weighted by atomic mass is 9.71. The number of fused-ring (bicyclic) bond motifs is 1. The van der Waals surface area contributed by atoms with Crippen molar-refractivity contribution >= 4 is 17.5 Å². The summed E-state index contributed by atoms with van der Waals surface area (Å²) < 4.78 is 17.0. The molecule has 27 heavy (non-hydrogen) atoms. The summed E-state index contributed by atoms with van der Waals surface area (Å²) in [6, 6.07) is 3.71. The van der Waals surface area contributed by atoms with Crippen molar-refractivity contribution in [3.05, 3.63) is 34.9 Å². The molecule has 0 bridgehead atoms. The second kappa shape index (κ2) is 7.43. The number of nitrogens with zero attached hydrogens (tertiary/aromatic N) is 1. The zero-order valence-electron chi connectivity index (χ0n) is 15.8. The van der Waals surface area contributed by atoms with Crippen LogP contribution in [-0.2, 0) is 19.1 Å². The number of aryl methyl sites for hydroxylation is 1. The Hall–Kier alpha value is -2.21. The molecule has 0 amide bonds. The molecule has 6 heteroatoms. The van der Waals surface area contributed by atoms with E-state index < -0.39 is 17.8 Å². The fourth-order valence-electron chi connectivity index (χ4n) is 4.34. The smallest absolute Gasteiger partial charge is 0.336 e. The van der Waals surface area contributed by atoms with E-state index in [0.717, 1.165) is 37.2 Å². The number of esters is 1. The van der Waals surface area contributed by atoms with Crippen molar-refractivity contribution in [1.29, 1.82) is 0 Å². The van der Waals surface area contributed by atoms with Gasteiger partial charge in [0.05, 0.1) is 23.5 Å². The Labute approximate surface area is 158 Å². The van der Waals surface area contributed by atoms with E-state index in [4.69, 9.17) is 13.9 Å². The summed E-state index contributed by atoms with van der Waals surface area (Å²) in [6.07, 6.45) is 3.94. The number of rotatable bonds is 4. The molecule has 3 heterocycles. The number of ketones is 1. The minimum Gasteiger partial charge on any atom is -0.466 e. The molecule has 144 valence electrons. The van der Waals surface area contributed by atoms with Crippen molar-refractivity contribution in [3.8, 4) is 0 Å². The van der Waals surface area contributed by atoms with Gasteiger partial charge in [0, 0.05) is 24.4 Å². The largest absolute Gasteiger partial charge is 0.466 e. The van der Waals surface area contributed by atoms with Gasteiger partial charge in [-0.05, 0) is 51.7 Å². The van der Waals surface area contributed by atoms with Gasteiger partial charge in [-0.1, -0.05) is 0 Å². The third-order valence-corrected chi connectivity index (χ3v) is 5.62. The molecule has 4 rings (SSSR count). The summed E-state index contributed by atoms with van der Waals surface area (Å²) in [5.41, 5.74) is 1.91. The van der Waals surface area contributed by atoms with Crippen molar-refractivity contribution in [1.82, 2.24) is 0 Å². The van der Waals surface area contributed by atoms with Gasteiger partial charge in [-0.15, -0.1) is 0 Å². The van der Waals surface area contributed by atoms with Crippen LogP contribution in [0, 0.1) is 12.8 Å². The lowest BCUT2D eigenvalue weighted by Gasteiger charge is -2.34. The number of allylic oxidation sites excluding steroid dienone is 1. The molecule has 1 saturated carbocycles. The molecule has 3 aliphatic rings. The molecule has 6 nitrogen and oxygen atoms in total. The fraction of sp³-hybridized carbons (Fsp3) is 0.571. The standard InChI is InChI=1S/C21H25NO5/c1-12-8-9-17(27-12)20-18(21(24)26-11-14-5-4-10-25-14)13(2)22-15-6-3-7-16(23)19(15)20/h8-9,14,19-20H,3-7,10-11H2,1-2H3/t14-,19?,20-/m1/s1. The first kappa shape index (κ1) is 18.2. The van der Waals surface area contributed by atoms with Gasteiger partial charge in [0.2, 0.25) is 0 Å². The van der Waals surface area contributed by atoms with Crippen molar-refractivity contribution in [2.75, 3.05) is 13.2 Å². The quantitative estimate of drug-likeness (QED) is 0.757. The lowest BCUT2D eigenvalue weighted by molar-refractivity contribution is -0.142. The fourth-order valence-corrected chi connectivity index (χ4v) is 4.34. The average Bonchev–Trinajstić information content (AvgIpc) is 3.30. The first-order valence-electron chi connectivity index (χ1n) is 9.70. The van der Waals surface area contributed by atoms with Crippen molar-refractivity contribution in [3.63, 3.8) is 0 Å². The van der Waals surface area contributed by atoms with Crippen LogP contribution < -0.4 is 0 Å². The highest BCUT2D eigenvalue weighted by Gasteiger charge is 2.45. The summed E-state index contributed by atoms with van der Waals surface area (Å²) >= 11 is 0. The molecule has 2 aliphatic heterocycles. The number of Topliss-reactive ketones (excluding diaryl/α,β-unsaturated/α-hetero) is 1. The van der Waals surface area contributed by atoms with Crippen LogP contribution in [0.1, 0.15) is 56.5 Å². The molecule has 1 aliphatic carbocycles. The van der Waals surface area contributed by atoms with E-state index in [1.54, 1.807) is 0 Å². The van der Waals surface area contributed by atoms with Crippen LogP contribution in [0.25, 0.3) is 0 Å². The molecule has 1 saturated heterocycles. The second-order valence-corrected chi connectivity index (χ2v) is 7.56.